The van der Waals surface area contributed by atoms with E-state index < -0.39 is 23.1 Å². The lowest BCUT2D eigenvalue weighted by Gasteiger charge is -2.24. The summed E-state index contributed by atoms with van der Waals surface area (Å²) in [5.41, 5.74) is 0.967. The number of benzene rings is 1. The van der Waals surface area contributed by atoms with Crippen molar-refractivity contribution >= 4 is 27.3 Å². The minimum absolute atomic E-state index is 0.0260. The topological polar surface area (TPSA) is 77.1 Å². The van der Waals surface area contributed by atoms with Crippen molar-refractivity contribution in [2.24, 2.45) is 0 Å². The van der Waals surface area contributed by atoms with Crippen LogP contribution in [0.25, 0.3) is 11.0 Å². The summed E-state index contributed by atoms with van der Waals surface area (Å²) in [6.07, 6.45) is 4.46. The fourth-order valence-corrected chi connectivity index (χ4v) is 2.84. The second kappa shape index (κ2) is 8.47. The van der Waals surface area contributed by atoms with Gasteiger partial charge in [0.05, 0.1) is 23.2 Å². The van der Waals surface area contributed by atoms with Gasteiger partial charge in [-0.2, -0.15) is 5.26 Å². The summed E-state index contributed by atoms with van der Waals surface area (Å²) in [4.78, 5) is 15.5. The highest BCUT2D eigenvalue weighted by Gasteiger charge is 2.16. The lowest BCUT2D eigenvalue weighted by Crippen LogP contribution is -2.12. The lowest BCUT2D eigenvalue weighted by atomic mass is 10.2. The third-order valence-corrected chi connectivity index (χ3v) is 4.92. The Morgan fingerprint density at radius 3 is 2.69 bits per heavy atom. The van der Waals surface area contributed by atoms with Crippen molar-refractivity contribution in [2.45, 2.75) is 13.2 Å². The number of carbonyl (C=O) groups excluding carboxylic acids is 1. The fraction of sp³-hybridized carbons (Fsp3) is 0.471. The summed E-state index contributed by atoms with van der Waals surface area (Å²) in [6.45, 7) is -0.193. The molecule has 1 aromatic heterocycles. The number of fused-ring (bicyclic) bond motifs is 1. The van der Waals surface area contributed by atoms with E-state index in [0.29, 0.717) is 23.9 Å². The van der Waals surface area contributed by atoms with Crippen LogP contribution in [0, 0.1) is 11.3 Å². The summed E-state index contributed by atoms with van der Waals surface area (Å²) < 4.78 is 37.1. The van der Waals surface area contributed by atoms with Crippen LogP contribution in [-0.4, -0.2) is 60.0 Å². The number of nitriles is 1. The predicted molar refractivity (Wildman–Crippen MR) is 97.5 cm³/mol. The number of hydrogen-bond donors (Lipinski definition) is 0. The second-order valence-corrected chi connectivity index (χ2v) is 11.1. The molecule has 0 aliphatic rings. The maximum absolute atomic E-state index is 12.4. The fourth-order valence-electron chi connectivity index (χ4n) is 2.22. The standard InChI is InChI=1S/C17H21F2N3O3S/c1-26(2,3)5-4-24-11-22-14-7-15(25-10-16(18)19)12(8-20)6-13(14)21-17(22)9-23/h6-7,9,16H,4-5,10-11H2,1-3H3. The third kappa shape index (κ3) is 5.16. The molecule has 0 bridgehead atoms. The monoisotopic (exact) mass is 385 g/mol. The molecule has 1 heterocycles. The maximum Gasteiger partial charge on any atom is 0.272 e. The van der Waals surface area contributed by atoms with Crippen molar-refractivity contribution in [2.75, 3.05) is 37.7 Å². The van der Waals surface area contributed by atoms with Gasteiger partial charge in [-0.1, -0.05) is 0 Å². The number of hydrogen-bond acceptors (Lipinski definition) is 5. The van der Waals surface area contributed by atoms with Gasteiger partial charge in [-0.25, -0.2) is 23.8 Å². The highest BCUT2D eigenvalue weighted by atomic mass is 32.3. The predicted octanol–water partition coefficient (Wildman–Crippen LogP) is 3.03. The molecule has 9 heteroatoms. The molecular formula is C17H21F2N3O3S. The van der Waals surface area contributed by atoms with Gasteiger partial charge in [0.1, 0.15) is 25.2 Å². The minimum Gasteiger partial charge on any atom is -0.486 e. The van der Waals surface area contributed by atoms with Crippen molar-refractivity contribution in [3.05, 3.63) is 23.5 Å². The largest absolute Gasteiger partial charge is 0.486 e. The van der Waals surface area contributed by atoms with Gasteiger partial charge in [0.15, 0.2) is 12.1 Å². The maximum atomic E-state index is 12.4. The molecule has 6 nitrogen and oxygen atoms in total. The zero-order valence-corrected chi connectivity index (χ0v) is 15.7. The van der Waals surface area contributed by atoms with E-state index in [1.807, 2.05) is 6.07 Å². The summed E-state index contributed by atoms with van der Waals surface area (Å²) in [5, 5.41) is 9.18. The Morgan fingerprint density at radius 2 is 2.12 bits per heavy atom. The Labute approximate surface area is 152 Å². The molecule has 0 unspecified atom stereocenters. The number of carbonyl (C=O) groups is 1. The summed E-state index contributed by atoms with van der Waals surface area (Å²) in [5.74, 6) is 1.08. The molecule has 0 aliphatic heterocycles. The highest BCUT2D eigenvalue weighted by molar-refractivity contribution is 8.32. The quantitative estimate of drug-likeness (QED) is 0.490. The van der Waals surface area contributed by atoms with Crippen LogP contribution in [0.5, 0.6) is 5.75 Å². The Hall–Kier alpha value is -2.18. The number of imidazole rings is 1. The second-order valence-electron chi connectivity index (χ2n) is 6.50. The van der Waals surface area contributed by atoms with Crippen LogP contribution in [0.15, 0.2) is 12.1 Å². The first-order chi connectivity index (χ1) is 12.2. The van der Waals surface area contributed by atoms with Gasteiger partial charge in [-0.05, 0) is 24.8 Å². The number of ether oxygens (including phenoxy) is 2. The first-order valence-corrected chi connectivity index (χ1v) is 10.8. The van der Waals surface area contributed by atoms with E-state index in [0.717, 1.165) is 5.75 Å². The van der Waals surface area contributed by atoms with Gasteiger partial charge in [0, 0.05) is 11.8 Å². The van der Waals surface area contributed by atoms with Crippen LogP contribution in [0.3, 0.4) is 0 Å². The molecule has 0 aliphatic carbocycles. The molecule has 0 saturated carbocycles. The normalized spacial score (nSPS) is 12.3. The molecule has 142 valence electrons. The van der Waals surface area contributed by atoms with Gasteiger partial charge >= 0.3 is 0 Å². The summed E-state index contributed by atoms with van der Waals surface area (Å²) >= 11 is 0. The average molecular weight is 385 g/mol. The molecule has 1 aromatic carbocycles. The molecule has 2 aromatic rings. The van der Waals surface area contributed by atoms with E-state index in [-0.39, 0.29) is 23.9 Å². The average Bonchev–Trinajstić information content (AvgIpc) is 2.91. The van der Waals surface area contributed by atoms with E-state index in [1.165, 1.54) is 16.7 Å². The summed E-state index contributed by atoms with van der Waals surface area (Å²) in [6, 6.07) is 4.75. The van der Waals surface area contributed by atoms with Crippen molar-refractivity contribution < 1.29 is 23.0 Å². The lowest BCUT2D eigenvalue weighted by molar-refractivity contribution is 0.0815. The first-order valence-electron chi connectivity index (χ1n) is 7.79. The third-order valence-electron chi connectivity index (χ3n) is 3.53. The van der Waals surface area contributed by atoms with Crippen LogP contribution in [-0.2, 0) is 11.5 Å². The SMILES string of the molecule is CS(C)(C)CCOCn1c(C=O)nc2cc(C#N)c(OCC(F)F)cc21. The number of aromatic nitrogens is 2. The zero-order chi connectivity index (χ0) is 19.3. The molecule has 2 rings (SSSR count). The number of halogens is 2. The number of alkyl halides is 2. The van der Waals surface area contributed by atoms with Crippen molar-refractivity contribution in [3.8, 4) is 11.8 Å². The van der Waals surface area contributed by atoms with Crippen LogP contribution in [0.4, 0.5) is 8.78 Å². The Bertz CT molecular complexity index is 825. The molecule has 0 atom stereocenters. The van der Waals surface area contributed by atoms with Gasteiger partial charge < -0.3 is 9.47 Å². The molecule has 0 radical (unpaired) electrons. The Balaban J connectivity index is 2.31. The van der Waals surface area contributed by atoms with E-state index in [9.17, 15) is 18.8 Å². The van der Waals surface area contributed by atoms with Crippen molar-refractivity contribution in [1.82, 2.24) is 9.55 Å². The van der Waals surface area contributed by atoms with E-state index >= 15 is 0 Å². The smallest absolute Gasteiger partial charge is 0.272 e. The van der Waals surface area contributed by atoms with Crippen LogP contribution in [0.2, 0.25) is 0 Å². The van der Waals surface area contributed by atoms with Gasteiger partial charge in [-0.15, -0.1) is 0 Å². The van der Waals surface area contributed by atoms with Crippen molar-refractivity contribution in [1.29, 1.82) is 5.26 Å². The van der Waals surface area contributed by atoms with Gasteiger partial charge in [0.25, 0.3) is 6.43 Å². The Morgan fingerprint density at radius 1 is 1.38 bits per heavy atom. The van der Waals surface area contributed by atoms with E-state index in [1.54, 1.807) is 0 Å². The van der Waals surface area contributed by atoms with Crippen LogP contribution in [0.1, 0.15) is 16.2 Å². The number of aldehydes is 1. The molecule has 0 spiro atoms. The molecule has 0 amide bonds. The van der Waals surface area contributed by atoms with Crippen LogP contribution < -0.4 is 4.74 Å². The summed E-state index contributed by atoms with van der Waals surface area (Å²) in [7, 11) is -0.701. The number of rotatable bonds is 9. The van der Waals surface area contributed by atoms with Crippen molar-refractivity contribution in [3.63, 3.8) is 0 Å². The van der Waals surface area contributed by atoms with Gasteiger partial charge in [-0.3, -0.25) is 9.36 Å². The first kappa shape index (κ1) is 20.1. The highest BCUT2D eigenvalue weighted by Crippen LogP contribution is 2.33. The molecule has 0 saturated heterocycles. The van der Waals surface area contributed by atoms with Crippen LogP contribution >= 0.6 is 10.0 Å². The molecular weight excluding hydrogens is 364 g/mol. The number of nitrogens with zero attached hydrogens (tertiary/aromatic N) is 3. The zero-order valence-electron chi connectivity index (χ0n) is 14.9. The molecule has 26 heavy (non-hydrogen) atoms. The van der Waals surface area contributed by atoms with E-state index in [2.05, 4.69) is 23.8 Å². The van der Waals surface area contributed by atoms with E-state index in [4.69, 9.17) is 9.47 Å². The minimum atomic E-state index is -2.66. The Kier molecular flexibility index (Phi) is 6.56. The van der Waals surface area contributed by atoms with Gasteiger partial charge in [0.2, 0.25) is 0 Å². The molecule has 0 fully saturated rings. The molecule has 0 N–H and O–H groups in total.